The minimum absolute atomic E-state index is 0.0335. The number of hydrogen-bond acceptors (Lipinski definition) is 5. The minimum Gasteiger partial charge on any atom is -0.481 e. The van der Waals surface area contributed by atoms with E-state index in [-0.39, 0.29) is 6.42 Å². The van der Waals surface area contributed by atoms with E-state index in [1.54, 1.807) is 17.1 Å². The zero-order chi connectivity index (χ0) is 13.8. The Balaban J connectivity index is 2.15. The third-order valence-electron chi connectivity index (χ3n) is 2.49. The number of anilines is 1. The number of carbonyl (C=O) groups is 1. The second-order valence-electron chi connectivity index (χ2n) is 4.17. The fraction of sp³-hybridized carbons (Fsp3) is 0.333. The number of aromatic nitrogens is 4. The van der Waals surface area contributed by atoms with Crippen molar-refractivity contribution in [2.24, 2.45) is 0 Å². The first-order chi connectivity index (χ1) is 9.06. The topological polar surface area (TPSA) is 92.9 Å². The van der Waals surface area contributed by atoms with Crippen LogP contribution in [-0.4, -0.2) is 37.4 Å². The molecular formula is C12H15N5O2. The maximum atomic E-state index is 10.4. The first kappa shape index (κ1) is 13.0. The van der Waals surface area contributed by atoms with Crippen LogP contribution in [0.5, 0.6) is 0 Å². The number of nitrogens with zero attached hydrogens (tertiary/aromatic N) is 4. The van der Waals surface area contributed by atoms with E-state index in [4.69, 9.17) is 5.11 Å². The maximum absolute atomic E-state index is 10.4. The second-order valence-corrected chi connectivity index (χ2v) is 4.17. The molecule has 0 aromatic carbocycles. The highest BCUT2D eigenvalue weighted by Crippen LogP contribution is 2.10. The summed E-state index contributed by atoms with van der Waals surface area (Å²) >= 11 is 0. The molecule has 0 unspecified atom stereocenters. The van der Waals surface area contributed by atoms with Gasteiger partial charge >= 0.3 is 5.97 Å². The molecule has 7 nitrogen and oxygen atoms in total. The molecule has 2 aromatic rings. The van der Waals surface area contributed by atoms with E-state index >= 15 is 0 Å². The van der Waals surface area contributed by atoms with Crippen molar-refractivity contribution in [2.75, 3.05) is 11.9 Å². The molecule has 19 heavy (non-hydrogen) atoms. The van der Waals surface area contributed by atoms with Crippen molar-refractivity contribution >= 4 is 11.8 Å². The zero-order valence-electron chi connectivity index (χ0n) is 10.8. The van der Waals surface area contributed by atoms with E-state index in [1.165, 1.54) is 0 Å². The van der Waals surface area contributed by atoms with Crippen molar-refractivity contribution in [2.45, 2.75) is 20.3 Å². The fourth-order valence-corrected chi connectivity index (χ4v) is 1.70. The molecular weight excluding hydrogens is 246 g/mol. The largest absolute Gasteiger partial charge is 0.481 e. The van der Waals surface area contributed by atoms with Gasteiger partial charge < -0.3 is 10.4 Å². The summed E-state index contributed by atoms with van der Waals surface area (Å²) in [5.74, 6) is 0.285. The van der Waals surface area contributed by atoms with E-state index in [0.717, 1.165) is 11.4 Å². The molecule has 2 aromatic heterocycles. The number of hydrogen-bond donors (Lipinski definition) is 2. The molecule has 0 saturated heterocycles. The van der Waals surface area contributed by atoms with Crippen molar-refractivity contribution in [1.82, 2.24) is 19.7 Å². The third kappa shape index (κ3) is 3.27. The van der Waals surface area contributed by atoms with Crippen molar-refractivity contribution in [3.63, 3.8) is 0 Å². The molecule has 0 aliphatic heterocycles. The van der Waals surface area contributed by atoms with E-state index in [0.29, 0.717) is 18.2 Å². The van der Waals surface area contributed by atoms with Gasteiger partial charge in [-0.15, -0.1) is 0 Å². The molecule has 100 valence electrons. The highest BCUT2D eigenvalue weighted by Gasteiger charge is 2.06. The summed E-state index contributed by atoms with van der Waals surface area (Å²) in [7, 11) is 0. The Labute approximate surface area is 110 Å². The number of rotatable bonds is 5. The first-order valence-electron chi connectivity index (χ1n) is 5.87. The lowest BCUT2D eigenvalue weighted by Gasteiger charge is -2.06. The van der Waals surface area contributed by atoms with E-state index < -0.39 is 5.97 Å². The average Bonchev–Trinajstić information content (AvgIpc) is 2.68. The second kappa shape index (κ2) is 5.47. The Morgan fingerprint density at radius 2 is 2.21 bits per heavy atom. The van der Waals surface area contributed by atoms with Crippen LogP contribution in [0.3, 0.4) is 0 Å². The predicted octanol–water partition coefficient (Wildman–Crippen LogP) is 1.17. The third-order valence-corrected chi connectivity index (χ3v) is 2.49. The van der Waals surface area contributed by atoms with Gasteiger partial charge in [0.2, 0.25) is 0 Å². The van der Waals surface area contributed by atoms with Crippen molar-refractivity contribution in [3.8, 4) is 5.82 Å². The molecule has 0 saturated carbocycles. The van der Waals surface area contributed by atoms with Crippen LogP contribution in [0.25, 0.3) is 5.82 Å². The van der Waals surface area contributed by atoms with Crippen LogP contribution in [0.15, 0.2) is 18.5 Å². The van der Waals surface area contributed by atoms with Crippen molar-refractivity contribution in [3.05, 3.63) is 29.8 Å². The summed E-state index contributed by atoms with van der Waals surface area (Å²) < 4.78 is 1.70. The lowest BCUT2D eigenvalue weighted by molar-refractivity contribution is -0.136. The molecule has 2 rings (SSSR count). The molecule has 0 radical (unpaired) electrons. The Morgan fingerprint density at radius 1 is 1.42 bits per heavy atom. The van der Waals surface area contributed by atoms with Gasteiger partial charge in [0.05, 0.1) is 24.5 Å². The summed E-state index contributed by atoms with van der Waals surface area (Å²) in [5, 5.41) is 15.8. The molecule has 0 spiro atoms. The van der Waals surface area contributed by atoms with Crippen LogP contribution in [0.1, 0.15) is 17.8 Å². The Kier molecular flexibility index (Phi) is 3.74. The quantitative estimate of drug-likeness (QED) is 0.839. The maximum Gasteiger partial charge on any atom is 0.305 e. The fourth-order valence-electron chi connectivity index (χ4n) is 1.70. The first-order valence-corrected chi connectivity index (χ1v) is 5.87. The van der Waals surface area contributed by atoms with Crippen LogP contribution in [0, 0.1) is 13.8 Å². The van der Waals surface area contributed by atoms with Crippen LogP contribution < -0.4 is 5.32 Å². The molecule has 0 bridgehead atoms. The number of aliphatic carboxylic acids is 1. The van der Waals surface area contributed by atoms with Crippen LogP contribution in [0.2, 0.25) is 0 Å². The van der Waals surface area contributed by atoms with Crippen LogP contribution in [0.4, 0.5) is 5.82 Å². The molecule has 7 heteroatoms. The average molecular weight is 261 g/mol. The van der Waals surface area contributed by atoms with Crippen molar-refractivity contribution < 1.29 is 9.90 Å². The minimum atomic E-state index is -0.852. The molecule has 2 heterocycles. The van der Waals surface area contributed by atoms with Crippen molar-refractivity contribution in [1.29, 1.82) is 0 Å². The Hall–Kier alpha value is -2.44. The van der Waals surface area contributed by atoms with E-state index in [9.17, 15) is 4.79 Å². The number of carboxylic acid groups (broad SMARTS) is 1. The predicted molar refractivity (Wildman–Crippen MR) is 69.4 cm³/mol. The molecule has 0 amide bonds. The smallest absolute Gasteiger partial charge is 0.305 e. The van der Waals surface area contributed by atoms with Gasteiger partial charge in [-0.3, -0.25) is 9.78 Å². The summed E-state index contributed by atoms with van der Waals surface area (Å²) in [6.45, 7) is 4.16. The standard InChI is InChI=1S/C12H15N5O2/c1-8-5-9(2)17(16-8)11-7-13-6-10(15-11)14-4-3-12(18)19/h5-7H,3-4H2,1-2H3,(H,14,15)(H,18,19). The molecule has 0 fully saturated rings. The lowest BCUT2D eigenvalue weighted by Crippen LogP contribution is -2.10. The highest BCUT2D eigenvalue weighted by molar-refractivity contribution is 5.67. The van der Waals surface area contributed by atoms with Gasteiger partial charge in [0, 0.05) is 12.2 Å². The van der Waals surface area contributed by atoms with E-state index in [2.05, 4.69) is 20.4 Å². The van der Waals surface area contributed by atoms with Gasteiger partial charge in [0.15, 0.2) is 5.82 Å². The lowest BCUT2D eigenvalue weighted by atomic mass is 10.4. The summed E-state index contributed by atoms with van der Waals surface area (Å²) in [5.41, 5.74) is 1.87. The SMILES string of the molecule is Cc1cc(C)n(-c2cncc(NCCC(=O)O)n2)n1. The molecule has 0 atom stereocenters. The van der Waals surface area contributed by atoms with Gasteiger partial charge in [0.1, 0.15) is 5.82 Å². The summed E-state index contributed by atoms with van der Waals surface area (Å²) in [4.78, 5) is 18.9. The zero-order valence-corrected chi connectivity index (χ0v) is 10.8. The van der Waals surface area contributed by atoms with Gasteiger partial charge in [-0.05, 0) is 19.9 Å². The molecule has 0 aliphatic carbocycles. The van der Waals surface area contributed by atoms with E-state index in [1.807, 2.05) is 19.9 Å². The number of aryl methyl sites for hydroxylation is 2. The summed E-state index contributed by atoms with van der Waals surface area (Å²) in [6, 6.07) is 1.95. The van der Waals surface area contributed by atoms with Gasteiger partial charge in [-0.25, -0.2) is 9.67 Å². The Bertz CT molecular complexity index is 594. The van der Waals surface area contributed by atoms with Gasteiger partial charge in [-0.1, -0.05) is 0 Å². The molecule has 2 N–H and O–H groups in total. The Morgan fingerprint density at radius 3 is 2.84 bits per heavy atom. The van der Waals surface area contributed by atoms with Gasteiger partial charge in [-0.2, -0.15) is 5.10 Å². The van der Waals surface area contributed by atoms with Crippen LogP contribution in [-0.2, 0) is 4.79 Å². The summed E-state index contributed by atoms with van der Waals surface area (Å²) in [6.07, 6.45) is 3.20. The van der Waals surface area contributed by atoms with Crippen LogP contribution >= 0.6 is 0 Å². The monoisotopic (exact) mass is 261 g/mol. The normalized spacial score (nSPS) is 10.4. The number of carboxylic acids is 1. The highest BCUT2D eigenvalue weighted by atomic mass is 16.4. The number of nitrogens with one attached hydrogen (secondary N) is 1. The van der Waals surface area contributed by atoms with Gasteiger partial charge in [0.25, 0.3) is 0 Å². The molecule has 0 aliphatic rings.